The van der Waals surface area contributed by atoms with Crippen LogP contribution in [0, 0.1) is 0 Å². The maximum absolute atomic E-state index is 5.30. The van der Waals surface area contributed by atoms with Gasteiger partial charge in [-0.1, -0.05) is 15.9 Å². The van der Waals surface area contributed by atoms with Gasteiger partial charge >= 0.3 is 0 Å². The Morgan fingerprint density at radius 1 is 0.833 bits per heavy atom. The molecular formula is C7H11BrO4. The molecule has 0 atom stereocenters. The van der Waals surface area contributed by atoms with Crippen molar-refractivity contribution in [1.29, 1.82) is 0 Å². The standard InChI is InChI=1S/C7H11BrO4/c8-5(6-9-1-2-10-6)7-11-3-4-12-7/h5-7H,1-4H2. The van der Waals surface area contributed by atoms with Crippen LogP contribution in [0.1, 0.15) is 0 Å². The quantitative estimate of drug-likeness (QED) is 0.657. The first-order chi connectivity index (χ1) is 5.88. The predicted octanol–water partition coefficient (Wildman–Crippen LogP) is 0.496. The molecule has 2 rings (SSSR count). The Kier molecular flexibility index (Phi) is 2.98. The van der Waals surface area contributed by atoms with Gasteiger partial charge in [0, 0.05) is 0 Å². The highest BCUT2D eigenvalue weighted by atomic mass is 79.9. The molecule has 2 fully saturated rings. The molecule has 0 N–H and O–H groups in total. The van der Waals surface area contributed by atoms with E-state index in [-0.39, 0.29) is 17.4 Å². The lowest BCUT2D eigenvalue weighted by molar-refractivity contribution is -0.116. The summed E-state index contributed by atoms with van der Waals surface area (Å²) in [5, 5.41) is 0. The molecule has 2 aliphatic rings. The molecule has 2 saturated heterocycles. The van der Waals surface area contributed by atoms with E-state index in [4.69, 9.17) is 18.9 Å². The highest BCUT2D eigenvalue weighted by Gasteiger charge is 2.34. The van der Waals surface area contributed by atoms with Crippen LogP contribution in [0.5, 0.6) is 0 Å². The third-order valence-electron chi connectivity index (χ3n) is 1.82. The number of hydrogen-bond donors (Lipinski definition) is 0. The lowest BCUT2D eigenvalue weighted by Crippen LogP contribution is -2.33. The zero-order chi connectivity index (χ0) is 8.39. The smallest absolute Gasteiger partial charge is 0.175 e. The molecule has 0 aromatic heterocycles. The van der Waals surface area contributed by atoms with Crippen LogP contribution in [0.25, 0.3) is 0 Å². The zero-order valence-electron chi connectivity index (χ0n) is 6.57. The minimum atomic E-state index is -0.229. The van der Waals surface area contributed by atoms with E-state index in [1.54, 1.807) is 0 Å². The second-order valence-electron chi connectivity index (χ2n) is 2.66. The van der Waals surface area contributed by atoms with Crippen molar-refractivity contribution in [2.75, 3.05) is 26.4 Å². The second kappa shape index (κ2) is 4.02. The minimum Gasteiger partial charge on any atom is -0.349 e. The maximum Gasteiger partial charge on any atom is 0.175 e. The van der Waals surface area contributed by atoms with Crippen molar-refractivity contribution in [1.82, 2.24) is 0 Å². The largest absolute Gasteiger partial charge is 0.349 e. The molecule has 0 amide bonds. The molecule has 2 aliphatic heterocycles. The van der Waals surface area contributed by atoms with Gasteiger partial charge in [-0.25, -0.2) is 0 Å². The van der Waals surface area contributed by atoms with Crippen LogP contribution in [-0.4, -0.2) is 43.8 Å². The summed E-state index contributed by atoms with van der Waals surface area (Å²) in [6.07, 6.45) is -0.457. The molecule has 0 unspecified atom stereocenters. The monoisotopic (exact) mass is 238 g/mol. The van der Waals surface area contributed by atoms with Crippen LogP contribution < -0.4 is 0 Å². The molecule has 0 aromatic carbocycles. The van der Waals surface area contributed by atoms with Crippen LogP contribution >= 0.6 is 15.9 Å². The van der Waals surface area contributed by atoms with Crippen LogP contribution in [0.4, 0.5) is 0 Å². The zero-order valence-corrected chi connectivity index (χ0v) is 8.16. The van der Waals surface area contributed by atoms with Crippen molar-refractivity contribution in [3.05, 3.63) is 0 Å². The van der Waals surface area contributed by atoms with Gasteiger partial charge in [0.25, 0.3) is 0 Å². The van der Waals surface area contributed by atoms with Crippen molar-refractivity contribution in [2.45, 2.75) is 17.4 Å². The molecule has 70 valence electrons. The van der Waals surface area contributed by atoms with Gasteiger partial charge in [-0.3, -0.25) is 0 Å². The summed E-state index contributed by atoms with van der Waals surface area (Å²) in [6.45, 7) is 2.61. The first-order valence-electron chi connectivity index (χ1n) is 3.98. The van der Waals surface area contributed by atoms with E-state index in [0.717, 1.165) is 0 Å². The van der Waals surface area contributed by atoms with E-state index in [9.17, 15) is 0 Å². The van der Waals surface area contributed by atoms with Crippen molar-refractivity contribution in [3.63, 3.8) is 0 Å². The highest BCUT2D eigenvalue weighted by Crippen LogP contribution is 2.23. The Morgan fingerprint density at radius 2 is 1.17 bits per heavy atom. The molecule has 0 saturated carbocycles. The SMILES string of the molecule is BrC(C1OCCO1)C1OCCO1. The van der Waals surface area contributed by atoms with Gasteiger partial charge in [-0.2, -0.15) is 0 Å². The fourth-order valence-electron chi connectivity index (χ4n) is 1.25. The van der Waals surface area contributed by atoms with Gasteiger partial charge in [0.2, 0.25) is 0 Å². The minimum absolute atomic E-state index is 0.0255. The third-order valence-corrected chi connectivity index (χ3v) is 2.68. The Labute approximate surface area is 79.2 Å². The van der Waals surface area contributed by atoms with E-state index in [1.807, 2.05) is 0 Å². The van der Waals surface area contributed by atoms with Crippen molar-refractivity contribution in [2.24, 2.45) is 0 Å². The normalized spacial score (nSPS) is 27.5. The lowest BCUT2D eigenvalue weighted by Gasteiger charge is -2.20. The van der Waals surface area contributed by atoms with Crippen LogP contribution in [0.3, 0.4) is 0 Å². The first-order valence-corrected chi connectivity index (χ1v) is 4.90. The van der Waals surface area contributed by atoms with Crippen LogP contribution in [-0.2, 0) is 18.9 Å². The Bertz CT molecular complexity index is 126. The molecule has 0 bridgehead atoms. The average molecular weight is 239 g/mol. The van der Waals surface area contributed by atoms with Gasteiger partial charge in [0.05, 0.1) is 26.4 Å². The summed E-state index contributed by atoms with van der Waals surface area (Å²) in [5.74, 6) is 0. The summed E-state index contributed by atoms with van der Waals surface area (Å²) >= 11 is 3.43. The molecule has 0 aliphatic carbocycles. The van der Waals surface area contributed by atoms with E-state index in [0.29, 0.717) is 26.4 Å². The van der Waals surface area contributed by atoms with Gasteiger partial charge in [0.1, 0.15) is 4.83 Å². The molecule has 5 heteroatoms. The summed E-state index contributed by atoms with van der Waals surface area (Å²) < 4.78 is 21.2. The topological polar surface area (TPSA) is 36.9 Å². The summed E-state index contributed by atoms with van der Waals surface area (Å²) in [5.41, 5.74) is 0. The van der Waals surface area contributed by atoms with Crippen LogP contribution in [0.15, 0.2) is 0 Å². The van der Waals surface area contributed by atoms with Gasteiger partial charge in [-0.15, -0.1) is 0 Å². The van der Waals surface area contributed by atoms with Gasteiger partial charge in [0.15, 0.2) is 12.6 Å². The Morgan fingerprint density at radius 3 is 1.50 bits per heavy atom. The summed E-state index contributed by atoms with van der Waals surface area (Å²) in [6, 6.07) is 0. The van der Waals surface area contributed by atoms with E-state index in [1.165, 1.54) is 0 Å². The average Bonchev–Trinajstić information content (AvgIpc) is 2.77. The fourth-order valence-corrected chi connectivity index (χ4v) is 1.86. The van der Waals surface area contributed by atoms with Gasteiger partial charge < -0.3 is 18.9 Å². The fraction of sp³-hybridized carbons (Fsp3) is 1.00. The lowest BCUT2D eigenvalue weighted by atomic mass is 10.4. The molecule has 12 heavy (non-hydrogen) atoms. The molecule has 0 spiro atoms. The van der Waals surface area contributed by atoms with Crippen LogP contribution in [0.2, 0.25) is 0 Å². The first kappa shape index (κ1) is 8.90. The van der Waals surface area contributed by atoms with Crippen molar-refractivity contribution < 1.29 is 18.9 Å². The maximum atomic E-state index is 5.30. The number of alkyl halides is 1. The Balaban J connectivity index is 1.84. The number of ether oxygens (including phenoxy) is 4. The number of halogens is 1. The Hall–Kier alpha value is 0.320. The molecular weight excluding hydrogens is 228 g/mol. The number of hydrogen-bond acceptors (Lipinski definition) is 4. The molecule has 4 nitrogen and oxygen atoms in total. The van der Waals surface area contributed by atoms with E-state index < -0.39 is 0 Å². The van der Waals surface area contributed by atoms with Gasteiger partial charge in [-0.05, 0) is 0 Å². The van der Waals surface area contributed by atoms with E-state index >= 15 is 0 Å². The number of rotatable bonds is 2. The molecule has 2 heterocycles. The highest BCUT2D eigenvalue weighted by molar-refractivity contribution is 9.09. The van der Waals surface area contributed by atoms with E-state index in [2.05, 4.69) is 15.9 Å². The molecule has 0 aromatic rings. The van der Waals surface area contributed by atoms with Crippen molar-refractivity contribution in [3.8, 4) is 0 Å². The summed E-state index contributed by atoms with van der Waals surface area (Å²) in [4.78, 5) is -0.0255. The van der Waals surface area contributed by atoms with Crippen molar-refractivity contribution >= 4 is 15.9 Å². The third kappa shape index (κ3) is 1.80. The molecule has 0 radical (unpaired) electrons. The predicted molar refractivity (Wildman–Crippen MR) is 44.1 cm³/mol. The summed E-state index contributed by atoms with van der Waals surface area (Å²) in [7, 11) is 0. The second-order valence-corrected chi connectivity index (χ2v) is 3.72.